The number of amides is 1. The number of benzene rings is 1. The molecule has 4 heterocycles. The highest BCUT2D eigenvalue weighted by Gasteiger charge is 2.33. The molecule has 8 nitrogen and oxygen atoms in total. The van der Waals surface area contributed by atoms with Crippen LogP contribution in [0.1, 0.15) is 35.0 Å². The van der Waals surface area contributed by atoms with Crippen LogP contribution in [0.25, 0.3) is 11.5 Å². The molecule has 3 aromatic heterocycles. The Labute approximate surface area is 165 Å². The summed E-state index contributed by atoms with van der Waals surface area (Å²) in [5, 5.41) is 21.0. The number of hydrogen-bond donors (Lipinski definition) is 1. The molecule has 140 valence electrons. The van der Waals surface area contributed by atoms with Crippen LogP contribution in [-0.4, -0.2) is 35.5 Å². The van der Waals surface area contributed by atoms with Gasteiger partial charge in [0.2, 0.25) is 5.91 Å². The third-order valence-corrected chi connectivity index (χ3v) is 5.21. The van der Waals surface area contributed by atoms with Gasteiger partial charge in [-0.25, -0.2) is 0 Å². The molecule has 5 rings (SSSR count). The van der Waals surface area contributed by atoms with Gasteiger partial charge in [-0.15, -0.1) is 15.3 Å². The fourth-order valence-corrected chi connectivity index (χ4v) is 3.92. The molecule has 1 aliphatic rings. The highest BCUT2D eigenvalue weighted by Crippen LogP contribution is 2.40. The first-order valence-electron chi connectivity index (χ1n) is 8.85. The smallest absolute Gasteiger partial charge is 0.226 e. The van der Waals surface area contributed by atoms with Crippen molar-refractivity contribution in [2.45, 2.75) is 26.2 Å². The molecule has 0 unspecified atom stereocenters. The third-order valence-electron chi connectivity index (χ3n) is 4.98. The predicted octanol–water partition coefficient (Wildman–Crippen LogP) is 3.05. The molecule has 1 amide bonds. The highest BCUT2D eigenvalue weighted by atomic mass is 35.5. The van der Waals surface area contributed by atoms with Gasteiger partial charge in [0, 0.05) is 22.9 Å². The second-order valence-electron chi connectivity index (χ2n) is 6.83. The van der Waals surface area contributed by atoms with Gasteiger partial charge in [-0.2, -0.15) is 14.3 Å². The van der Waals surface area contributed by atoms with Gasteiger partial charge in [0.15, 0.2) is 17.3 Å². The minimum absolute atomic E-state index is 0.0693. The van der Waals surface area contributed by atoms with Gasteiger partial charge in [-0.05, 0) is 43.7 Å². The largest absolute Gasteiger partial charge is 0.310 e. The average molecular weight is 394 g/mol. The molecule has 0 saturated heterocycles. The number of carbonyl (C=O) groups excluding carboxylic acids is 1. The monoisotopic (exact) mass is 393 g/mol. The van der Waals surface area contributed by atoms with Crippen molar-refractivity contribution in [2.75, 3.05) is 5.32 Å². The third kappa shape index (κ3) is 2.56. The van der Waals surface area contributed by atoms with Crippen molar-refractivity contribution in [1.82, 2.24) is 29.6 Å². The van der Waals surface area contributed by atoms with E-state index in [1.165, 1.54) is 0 Å². The summed E-state index contributed by atoms with van der Waals surface area (Å²) in [6.45, 7) is 3.77. The van der Waals surface area contributed by atoms with E-state index in [1.54, 1.807) is 9.20 Å². The molecule has 0 saturated carbocycles. The van der Waals surface area contributed by atoms with Crippen LogP contribution >= 0.6 is 11.6 Å². The molecule has 0 fully saturated rings. The predicted molar refractivity (Wildman–Crippen MR) is 104 cm³/mol. The normalized spacial score (nSPS) is 16.2. The summed E-state index contributed by atoms with van der Waals surface area (Å²) < 4.78 is 3.32. The second kappa shape index (κ2) is 6.13. The molecule has 4 aromatic rings. The lowest BCUT2D eigenvalue weighted by atomic mass is 9.86. The SMILES string of the molecule is Cc1nn(-c2ccc3nnc(C)n3n2)c2c1[C@@H](c1cccc(Cl)c1)CC(=O)N2. The van der Waals surface area contributed by atoms with Crippen molar-refractivity contribution < 1.29 is 4.79 Å². The molecule has 0 aliphatic carbocycles. The summed E-state index contributed by atoms with van der Waals surface area (Å²) in [4.78, 5) is 12.5. The molecule has 1 N–H and O–H groups in total. The first kappa shape index (κ1) is 16.9. The number of nitrogens with zero attached hydrogens (tertiary/aromatic N) is 6. The van der Waals surface area contributed by atoms with Crippen molar-refractivity contribution in [1.29, 1.82) is 0 Å². The summed E-state index contributed by atoms with van der Waals surface area (Å²) in [7, 11) is 0. The van der Waals surface area contributed by atoms with E-state index in [0.717, 1.165) is 16.8 Å². The van der Waals surface area contributed by atoms with Gasteiger partial charge in [-0.3, -0.25) is 4.79 Å². The average Bonchev–Trinajstić information content (AvgIpc) is 3.21. The van der Waals surface area contributed by atoms with Gasteiger partial charge in [0.1, 0.15) is 5.82 Å². The van der Waals surface area contributed by atoms with E-state index in [0.29, 0.717) is 34.6 Å². The van der Waals surface area contributed by atoms with Crippen LogP contribution in [0, 0.1) is 13.8 Å². The van der Waals surface area contributed by atoms with Crippen LogP contribution in [0.3, 0.4) is 0 Å². The lowest BCUT2D eigenvalue weighted by Gasteiger charge is -2.24. The van der Waals surface area contributed by atoms with E-state index in [9.17, 15) is 4.79 Å². The van der Waals surface area contributed by atoms with E-state index < -0.39 is 0 Å². The number of fused-ring (bicyclic) bond motifs is 2. The fraction of sp³-hybridized carbons (Fsp3) is 0.211. The first-order valence-corrected chi connectivity index (χ1v) is 9.23. The summed E-state index contributed by atoms with van der Waals surface area (Å²) in [5.41, 5.74) is 3.45. The summed E-state index contributed by atoms with van der Waals surface area (Å²) >= 11 is 6.18. The van der Waals surface area contributed by atoms with E-state index in [2.05, 4.69) is 25.7 Å². The molecule has 0 bridgehead atoms. The Bertz CT molecular complexity index is 1240. The van der Waals surface area contributed by atoms with Gasteiger partial charge in [-0.1, -0.05) is 23.7 Å². The fourth-order valence-electron chi connectivity index (χ4n) is 3.72. The zero-order valence-electron chi connectivity index (χ0n) is 15.2. The molecule has 9 heteroatoms. The van der Waals surface area contributed by atoms with Gasteiger partial charge >= 0.3 is 0 Å². The number of rotatable bonds is 2. The van der Waals surface area contributed by atoms with E-state index in [1.807, 2.05) is 50.2 Å². The van der Waals surface area contributed by atoms with Crippen LogP contribution in [-0.2, 0) is 4.79 Å². The van der Waals surface area contributed by atoms with Crippen molar-refractivity contribution in [3.63, 3.8) is 0 Å². The van der Waals surface area contributed by atoms with Crippen LogP contribution in [0.5, 0.6) is 0 Å². The summed E-state index contributed by atoms with van der Waals surface area (Å²) in [5.74, 6) is 1.70. The second-order valence-corrected chi connectivity index (χ2v) is 7.26. The first-order chi connectivity index (χ1) is 13.5. The van der Waals surface area contributed by atoms with Gasteiger partial charge in [0.05, 0.1) is 5.69 Å². The molecule has 1 aromatic carbocycles. The number of anilines is 1. The molecule has 1 aliphatic heterocycles. The number of carbonyl (C=O) groups is 1. The van der Waals surface area contributed by atoms with Crippen molar-refractivity contribution in [3.05, 3.63) is 64.1 Å². The summed E-state index contributed by atoms with van der Waals surface area (Å²) in [6, 6.07) is 11.2. The van der Waals surface area contributed by atoms with Crippen LogP contribution in [0.4, 0.5) is 5.82 Å². The zero-order valence-corrected chi connectivity index (χ0v) is 16.0. The lowest BCUT2D eigenvalue weighted by molar-refractivity contribution is -0.116. The maximum absolute atomic E-state index is 12.5. The number of nitrogens with one attached hydrogen (secondary N) is 1. The molecule has 1 atom stereocenters. The van der Waals surface area contributed by atoms with E-state index in [-0.39, 0.29) is 11.8 Å². The van der Waals surface area contributed by atoms with Gasteiger partial charge < -0.3 is 5.32 Å². The Morgan fingerprint density at radius 1 is 1.14 bits per heavy atom. The maximum Gasteiger partial charge on any atom is 0.226 e. The zero-order chi connectivity index (χ0) is 19.4. The minimum atomic E-state index is -0.114. The Kier molecular flexibility index (Phi) is 3.70. The standard InChI is InChI=1S/C19H16ClN7O/c1-10-18-14(12-4-3-5-13(20)8-12)9-17(28)21-19(18)27(24-10)16-7-6-15-23-22-11(2)26(15)25-16/h3-8,14H,9H2,1-2H3,(H,21,28)/t14-/m1/s1. The molecular formula is C19H16ClN7O. The maximum atomic E-state index is 12.5. The molecule has 0 spiro atoms. The quantitative estimate of drug-likeness (QED) is 0.565. The number of aromatic nitrogens is 6. The molecule has 28 heavy (non-hydrogen) atoms. The Morgan fingerprint density at radius 3 is 2.82 bits per heavy atom. The van der Waals surface area contributed by atoms with Crippen LogP contribution < -0.4 is 5.32 Å². The summed E-state index contributed by atoms with van der Waals surface area (Å²) in [6.07, 6.45) is 0.344. The Hall–Kier alpha value is -3.26. The van der Waals surface area contributed by atoms with Gasteiger partial charge in [0.25, 0.3) is 0 Å². The van der Waals surface area contributed by atoms with Crippen LogP contribution in [0.2, 0.25) is 5.02 Å². The molecular weight excluding hydrogens is 378 g/mol. The minimum Gasteiger partial charge on any atom is -0.310 e. The Balaban J connectivity index is 1.69. The lowest BCUT2D eigenvalue weighted by Crippen LogP contribution is -2.25. The van der Waals surface area contributed by atoms with Crippen LogP contribution in [0.15, 0.2) is 36.4 Å². The highest BCUT2D eigenvalue weighted by molar-refractivity contribution is 6.30. The topological polar surface area (TPSA) is 90.0 Å². The van der Waals surface area contributed by atoms with E-state index in [4.69, 9.17) is 11.6 Å². The van der Waals surface area contributed by atoms with E-state index >= 15 is 0 Å². The number of halogens is 1. The number of hydrogen-bond acceptors (Lipinski definition) is 5. The number of aryl methyl sites for hydroxylation is 2. The Morgan fingerprint density at radius 2 is 2.00 bits per heavy atom. The van der Waals surface area contributed by atoms with Crippen molar-refractivity contribution in [3.8, 4) is 5.82 Å². The van der Waals surface area contributed by atoms with Crippen molar-refractivity contribution >= 4 is 29.0 Å². The molecule has 0 radical (unpaired) electrons. The van der Waals surface area contributed by atoms with Crippen molar-refractivity contribution in [2.24, 2.45) is 0 Å².